The Bertz CT molecular complexity index is 912. The second-order valence-corrected chi connectivity index (χ2v) is 5.94. The molecular formula is C16H11BrN4O3. The van der Waals surface area contributed by atoms with Crippen molar-refractivity contribution in [3.63, 3.8) is 0 Å². The molecule has 7 nitrogen and oxygen atoms in total. The smallest absolute Gasteiger partial charge is 0.257 e. The highest BCUT2D eigenvalue weighted by atomic mass is 79.9. The number of anilines is 1. The zero-order chi connectivity index (χ0) is 16.5. The van der Waals surface area contributed by atoms with E-state index in [1.165, 1.54) is 6.33 Å². The third-order valence-corrected chi connectivity index (χ3v) is 3.99. The molecule has 0 unspecified atom stereocenters. The van der Waals surface area contributed by atoms with Crippen molar-refractivity contribution >= 4 is 27.5 Å². The zero-order valence-corrected chi connectivity index (χ0v) is 13.9. The van der Waals surface area contributed by atoms with Crippen LogP contribution in [0.25, 0.3) is 5.69 Å². The Morgan fingerprint density at radius 3 is 2.88 bits per heavy atom. The molecule has 8 heteroatoms. The first-order valence-electron chi connectivity index (χ1n) is 7.06. The van der Waals surface area contributed by atoms with E-state index >= 15 is 0 Å². The summed E-state index contributed by atoms with van der Waals surface area (Å²) >= 11 is 3.41. The van der Waals surface area contributed by atoms with Crippen molar-refractivity contribution in [2.24, 2.45) is 0 Å². The normalized spacial score (nSPS) is 12.2. The standard InChI is InChI=1S/C16H11BrN4O3/c17-10-1-3-12(13(5-10)21-8-18-7-19-21)16(22)20-11-2-4-14-15(6-11)24-9-23-14/h1-8H,9H2,(H,20,22). The lowest BCUT2D eigenvalue weighted by Crippen LogP contribution is -2.15. The number of carbonyl (C=O) groups is 1. The van der Waals surface area contributed by atoms with Gasteiger partial charge in [-0.1, -0.05) is 15.9 Å². The summed E-state index contributed by atoms with van der Waals surface area (Å²) in [5.74, 6) is 1.02. The van der Waals surface area contributed by atoms with Gasteiger partial charge in [0.2, 0.25) is 6.79 Å². The number of benzene rings is 2. The summed E-state index contributed by atoms with van der Waals surface area (Å²) < 4.78 is 13.0. The number of hydrogen-bond acceptors (Lipinski definition) is 5. The summed E-state index contributed by atoms with van der Waals surface area (Å²) in [7, 11) is 0. The number of ether oxygens (including phenoxy) is 2. The number of aromatic nitrogens is 3. The fraction of sp³-hybridized carbons (Fsp3) is 0.0625. The van der Waals surface area contributed by atoms with Crippen LogP contribution in [0, 0.1) is 0 Å². The molecule has 120 valence electrons. The zero-order valence-electron chi connectivity index (χ0n) is 12.3. The van der Waals surface area contributed by atoms with E-state index < -0.39 is 0 Å². The van der Waals surface area contributed by atoms with Gasteiger partial charge in [0.05, 0.1) is 11.3 Å². The second-order valence-electron chi connectivity index (χ2n) is 5.02. The van der Waals surface area contributed by atoms with E-state index in [0.29, 0.717) is 28.4 Å². The molecule has 1 aliphatic rings. The molecule has 1 amide bonds. The van der Waals surface area contributed by atoms with E-state index in [9.17, 15) is 4.79 Å². The van der Waals surface area contributed by atoms with Gasteiger partial charge in [-0.3, -0.25) is 4.79 Å². The molecule has 24 heavy (non-hydrogen) atoms. The van der Waals surface area contributed by atoms with Crippen LogP contribution in [0.4, 0.5) is 5.69 Å². The highest BCUT2D eigenvalue weighted by molar-refractivity contribution is 9.10. The molecule has 0 atom stereocenters. The SMILES string of the molecule is O=C(Nc1ccc2c(c1)OCO2)c1ccc(Br)cc1-n1cncn1. The molecule has 2 heterocycles. The fourth-order valence-electron chi connectivity index (χ4n) is 2.39. The van der Waals surface area contributed by atoms with Crippen molar-refractivity contribution in [1.29, 1.82) is 0 Å². The van der Waals surface area contributed by atoms with Crippen LogP contribution in [0.5, 0.6) is 11.5 Å². The van der Waals surface area contributed by atoms with Gasteiger partial charge in [-0.05, 0) is 30.3 Å². The molecule has 2 aromatic carbocycles. The van der Waals surface area contributed by atoms with Crippen molar-refractivity contribution in [2.45, 2.75) is 0 Å². The largest absolute Gasteiger partial charge is 0.454 e. The number of halogens is 1. The van der Waals surface area contributed by atoms with Crippen LogP contribution < -0.4 is 14.8 Å². The molecule has 1 N–H and O–H groups in total. The van der Waals surface area contributed by atoms with Gasteiger partial charge in [-0.15, -0.1) is 0 Å². The Balaban J connectivity index is 1.65. The lowest BCUT2D eigenvalue weighted by Gasteiger charge is -2.11. The summed E-state index contributed by atoms with van der Waals surface area (Å²) in [6, 6.07) is 10.6. The van der Waals surface area contributed by atoms with Crippen LogP contribution in [0.3, 0.4) is 0 Å². The second kappa shape index (κ2) is 5.97. The number of hydrogen-bond donors (Lipinski definition) is 1. The van der Waals surface area contributed by atoms with Crippen molar-refractivity contribution in [3.05, 3.63) is 59.1 Å². The summed E-state index contributed by atoms with van der Waals surface area (Å²) in [5, 5.41) is 6.95. The molecule has 0 aliphatic carbocycles. The lowest BCUT2D eigenvalue weighted by molar-refractivity contribution is 0.102. The average Bonchev–Trinajstić information content (AvgIpc) is 3.26. The third kappa shape index (κ3) is 2.71. The van der Waals surface area contributed by atoms with E-state index in [1.807, 2.05) is 6.07 Å². The van der Waals surface area contributed by atoms with Crippen LogP contribution >= 0.6 is 15.9 Å². The lowest BCUT2D eigenvalue weighted by atomic mass is 10.1. The maximum atomic E-state index is 12.7. The van der Waals surface area contributed by atoms with Crippen LogP contribution in [0.2, 0.25) is 0 Å². The predicted molar refractivity (Wildman–Crippen MR) is 89.6 cm³/mol. The Labute approximate surface area is 145 Å². The minimum absolute atomic E-state index is 0.190. The van der Waals surface area contributed by atoms with E-state index in [4.69, 9.17) is 9.47 Å². The predicted octanol–water partition coefficient (Wildman–Crippen LogP) is 3.01. The maximum Gasteiger partial charge on any atom is 0.257 e. The average molecular weight is 387 g/mol. The highest BCUT2D eigenvalue weighted by Crippen LogP contribution is 2.34. The molecule has 0 saturated carbocycles. The van der Waals surface area contributed by atoms with Crippen molar-refractivity contribution in [1.82, 2.24) is 14.8 Å². The van der Waals surface area contributed by atoms with Gasteiger partial charge >= 0.3 is 0 Å². The summed E-state index contributed by atoms with van der Waals surface area (Å²) in [6.45, 7) is 0.190. The Morgan fingerprint density at radius 1 is 1.17 bits per heavy atom. The van der Waals surface area contributed by atoms with Gasteiger partial charge in [0, 0.05) is 16.2 Å². The minimum Gasteiger partial charge on any atom is -0.454 e. The number of rotatable bonds is 3. The molecule has 0 fully saturated rings. The quantitative estimate of drug-likeness (QED) is 0.748. The van der Waals surface area contributed by atoms with Crippen LogP contribution in [0.15, 0.2) is 53.5 Å². The first kappa shape index (κ1) is 14.7. The van der Waals surface area contributed by atoms with Crippen molar-refractivity contribution in [3.8, 4) is 17.2 Å². The van der Waals surface area contributed by atoms with Gasteiger partial charge in [0.1, 0.15) is 12.7 Å². The van der Waals surface area contributed by atoms with E-state index in [-0.39, 0.29) is 12.7 Å². The maximum absolute atomic E-state index is 12.7. The van der Waals surface area contributed by atoms with Crippen molar-refractivity contribution in [2.75, 3.05) is 12.1 Å². The molecule has 4 rings (SSSR count). The Hall–Kier alpha value is -2.87. The molecule has 0 saturated heterocycles. The number of nitrogens with zero attached hydrogens (tertiary/aromatic N) is 3. The summed E-state index contributed by atoms with van der Waals surface area (Å²) in [4.78, 5) is 16.6. The van der Waals surface area contributed by atoms with Gasteiger partial charge in [0.25, 0.3) is 5.91 Å². The van der Waals surface area contributed by atoms with Crippen molar-refractivity contribution < 1.29 is 14.3 Å². The van der Waals surface area contributed by atoms with Gasteiger partial charge in [0.15, 0.2) is 11.5 Å². The highest BCUT2D eigenvalue weighted by Gasteiger charge is 2.17. The monoisotopic (exact) mass is 386 g/mol. The molecule has 0 radical (unpaired) electrons. The minimum atomic E-state index is -0.258. The van der Waals surface area contributed by atoms with Crippen LogP contribution in [-0.2, 0) is 0 Å². The van der Waals surface area contributed by atoms with Gasteiger partial charge in [-0.25, -0.2) is 9.67 Å². The molecule has 0 bridgehead atoms. The molecule has 1 aliphatic heterocycles. The number of fused-ring (bicyclic) bond motifs is 1. The van der Waals surface area contributed by atoms with E-state index in [1.54, 1.807) is 41.3 Å². The van der Waals surface area contributed by atoms with E-state index in [2.05, 4.69) is 31.3 Å². The molecular weight excluding hydrogens is 376 g/mol. The summed E-state index contributed by atoms with van der Waals surface area (Å²) in [5.41, 5.74) is 1.72. The third-order valence-electron chi connectivity index (χ3n) is 3.50. The van der Waals surface area contributed by atoms with Crippen LogP contribution in [-0.4, -0.2) is 27.5 Å². The summed E-state index contributed by atoms with van der Waals surface area (Å²) in [6.07, 6.45) is 2.96. The molecule has 1 aromatic heterocycles. The van der Waals surface area contributed by atoms with Gasteiger partial charge < -0.3 is 14.8 Å². The molecule has 0 spiro atoms. The number of carbonyl (C=O) groups excluding carboxylic acids is 1. The van der Waals surface area contributed by atoms with Gasteiger partial charge in [-0.2, -0.15) is 5.10 Å². The first-order valence-corrected chi connectivity index (χ1v) is 7.85. The topological polar surface area (TPSA) is 78.3 Å². The Morgan fingerprint density at radius 2 is 2.04 bits per heavy atom. The van der Waals surface area contributed by atoms with Crippen LogP contribution in [0.1, 0.15) is 10.4 Å². The number of amides is 1. The van der Waals surface area contributed by atoms with E-state index in [0.717, 1.165) is 4.47 Å². The molecule has 3 aromatic rings. The Kier molecular flexibility index (Phi) is 3.66. The number of nitrogens with one attached hydrogen (secondary N) is 1. The fourth-order valence-corrected chi connectivity index (χ4v) is 2.74. The first-order chi connectivity index (χ1) is 11.7.